The predicted octanol–water partition coefficient (Wildman–Crippen LogP) is 4.36. The molecule has 3 aromatic rings. The Hall–Kier alpha value is -3.33. The van der Waals surface area contributed by atoms with Gasteiger partial charge in [0.1, 0.15) is 5.75 Å². The van der Waals surface area contributed by atoms with Gasteiger partial charge in [-0.15, -0.1) is 10.2 Å². The number of aromatic nitrogens is 3. The van der Waals surface area contributed by atoms with Crippen LogP contribution in [0, 0.1) is 6.92 Å². The number of hydrogen-bond donors (Lipinski definition) is 2. The Bertz CT molecular complexity index is 1110. The molecule has 0 aliphatic rings. The number of ether oxygens (including phenoxy) is 1. The molecule has 168 valence electrons. The van der Waals surface area contributed by atoms with Gasteiger partial charge in [0, 0.05) is 24.7 Å². The number of anilines is 2. The van der Waals surface area contributed by atoms with Crippen LogP contribution in [-0.4, -0.2) is 39.4 Å². The molecule has 1 aromatic heterocycles. The summed E-state index contributed by atoms with van der Waals surface area (Å²) < 4.78 is 7.37. The first-order valence-electron chi connectivity index (χ1n) is 10.3. The highest BCUT2D eigenvalue weighted by Gasteiger charge is 2.16. The van der Waals surface area contributed by atoms with Gasteiger partial charge in [-0.2, -0.15) is 0 Å². The molecule has 0 atom stereocenters. The fourth-order valence-corrected chi connectivity index (χ4v) is 3.99. The summed E-state index contributed by atoms with van der Waals surface area (Å²) in [5, 5.41) is 14.9. The third kappa shape index (κ3) is 5.88. The molecule has 3 rings (SSSR count). The van der Waals surface area contributed by atoms with Crippen LogP contribution >= 0.6 is 11.8 Å². The number of aryl methyl sites for hydroxylation is 1. The predicted molar refractivity (Wildman–Crippen MR) is 127 cm³/mol. The van der Waals surface area contributed by atoms with E-state index < -0.39 is 0 Å². The average Bonchev–Trinajstić information content (AvgIpc) is 3.15. The van der Waals surface area contributed by atoms with Crippen molar-refractivity contribution in [2.24, 2.45) is 0 Å². The zero-order valence-corrected chi connectivity index (χ0v) is 19.5. The lowest BCUT2D eigenvalue weighted by Crippen LogP contribution is -2.16. The van der Waals surface area contributed by atoms with Crippen LogP contribution in [0.1, 0.15) is 25.8 Å². The van der Waals surface area contributed by atoms with Crippen molar-refractivity contribution < 1.29 is 14.3 Å². The van der Waals surface area contributed by atoms with Crippen LogP contribution in [0.15, 0.2) is 47.6 Å². The van der Waals surface area contributed by atoms with Gasteiger partial charge < -0.3 is 19.9 Å². The van der Waals surface area contributed by atoms with Crippen molar-refractivity contribution in [3.63, 3.8) is 0 Å². The van der Waals surface area contributed by atoms with Gasteiger partial charge in [-0.05, 0) is 37.6 Å². The molecule has 0 spiro atoms. The van der Waals surface area contributed by atoms with E-state index in [0.717, 1.165) is 29.9 Å². The van der Waals surface area contributed by atoms with E-state index in [1.807, 2.05) is 29.7 Å². The molecule has 2 amide bonds. The highest BCUT2D eigenvalue weighted by atomic mass is 32.2. The van der Waals surface area contributed by atoms with Crippen LogP contribution in [0.3, 0.4) is 0 Å². The zero-order valence-electron chi connectivity index (χ0n) is 18.6. The number of carbonyl (C=O) groups excluding carboxylic acids is 2. The summed E-state index contributed by atoms with van der Waals surface area (Å²) in [4.78, 5) is 24.0. The molecule has 2 aromatic carbocycles. The molecule has 1 heterocycles. The number of thioether (sulfide) groups is 1. The molecule has 0 bridgehead atoms. The van der Waals surface area contributed by atoms with Gasteiger partial charge in [0.15, 0.2) is 11.0 Å². The van der Waals surface area contributed by atoms with E-state index in [1.165, 1.54) is 25.8 Å². The van der Waals surface area contributed by atoms with E-state index in [1.54, 1.807) is 18.2 Å². The maximum atomic E-state index is 12.6. The summed E-state index contributed by atoms with van der Waals surface area (Å²) in [6.45, 7) is 6.32. The van der Waals surface area contributed by atoms with E-state index in [0.29, 0.717) is 22.3 Å². The van der Waals surface area contributed by atoms with Crippen LogP contribution < -0.4 is 15.4 Å². The smallest absolute Gasteiger partial charge is 0.234 e. The number of methoxy groups -OCH3 is 1. The summed E-state index contributed by atoms with van der Waals surface area (Å²) in [6.07, 6.45) is 0.920. The Morgan fingerprint density at radius 1 is 1.12 bits per heavy atom. The lowest BCUT2D eigenvalue weighted by Gasteiger charge is -2.13. The van der Waals surface area contributed by atoms with Crippen LogP contribution in [0.5, 0.6) is 5.75 Å². The van der Waals surface area contributed by atoms with E-state index >= 15 is 0 Å². The van der Waals surface area contributed by atoms with Gasteiger partial charge >= 0.3 is 0 Å². The van der Waals surface area contributed by atoms with Crippen molar-refractivity contribution in [2.45, 2.75) is 38.9 Å². The van der Waals surface area contributed by atoms with Crippen molar-refractivity contribution >= 4 is 35.0 Å². The third-order valence-corrected chi connectivity index (χ3v) is 5.53. The molecular weight excluding hydrogens is 426 g/mol. The minimum Gasteiger partial charge on any atom is -0.495 e. The van der Waals surface area contributed by atoms with Crippen LogP contribution in [-0.2, 0) is 16.1 Å². The summed E-state index contributed by atoms with van der Waals surface area (Å²) in [6, 6.07) is 13.2. The van der Waals surface area contributed by atoms with E-state index in [9.17, 15) is 9.59 Å². The average molecular weight is 454 g/mol. The summed E-state index contributed by atoms with van der Waals surface area (Å²) in [5.74, 6) is 1.05. The first-order valence-corrected chi connectivity index (χ1v) is 11.3. The Kier molecular flexibility index (Phi) is 7.88. The van der Waals surface area contributed by atoms with Crippen molar-refractivity contribution in [3.05, 3.63) is 48.0 Å². The first-order chi connectivity index (χ1) is 15.4. The van der Waals surface area contributed by atoms with Crippen molar-refractivity contribution in [1.29, 1.82) is 0 Å². The normalized spacial score (nSPS) is 10.6. The number of amides is 2. The quantitative estimate of drug-likeness (QED) is 0.467. The van der Waals surface area contributed by atoms with Gasteiger partial charge in [-0.25, -0.2) is 0 Å². The molecule has 0 saturated carbocycles. The van der Waals surface area contributed by atoms with Crippen molar-refractivity contribution in [1.82, 2.24) is 14.8 Å². The highest BCUT2D eigenvalue weighted by Crippen LogP contribution is 2.29. The van der Waals surface area contributed by atoms with Gasteiger partial charge in [0.2, 0.25) is 11.8 Å². The van der Waals surface area contributed by atoms with Crippen molar-refractivity contribution in [2.75, 3.05) is 23.5 Å². The number of hydrogen-bond acceptors (Lipinski definition) is 6. The Morgan fingerprint density at radius 3 is 2.62 bits per heavy atom. The van der Waals surface area contributed by atoms with Crippen LogP contribution in [0.25, 0.3) is 11.4 Å². The molecular formula is C23H27N5O3S. The topological polar surface area (TPSA) is 98.1 Å². The minimum atomic E-state index is -0.212. The summed E-state index contributed by atoms with van der Waals surface area (Å²) in [7, 11) is 1.53. The second-order valence-electron chi connectivity index (χ2n) is 7.26. The minimum absolute atomic E-state index is 0.156. The summed E-state index contributed by atoms with van der Waals surface area (Å²) in [5.41, 5.74) is 3.21. The number of nitrogens with one attached hydrogen (secondary N) is 2. The maximum absolute atomic E-state index is 12.6. The number of rotatable bonds is 9. The third-order valence-electron chi connectivity index (χ3n) is 4.57. The van der Waals surface area contributed by atoms with Gasteiger partial charge in [-0.3, -0.25) is 9.59 Å². The second kappa shape index (κ2) is 10.8. The molecule has 9 heteroatoms. The molecule has 0 saturated heterocycles. The summed E-state index contributed by atoms with van der Waals surface area (Å²) >= 11 is 1.33. The van der Waals surface area contributed by atoms with E-state index in [2.05, 4.69) is 33.8 Å². The maximum Gasteiger partial charge on any atom is 0.234 e. The first kappa shape index (κ1) is 23.3. The van der Waals surface area contributed by atoms with E-state index in [-0.39, 0.29) is 17.6 Å². The SMILES string of the molecule is CCCn1c(SCC(=O)Nc2cc(NC(C)=O)ccc2OC)nnc1-c1cccc(C)c1. The Balaban J connectivity index is 1.73. The largest absolute Gasteiger partial charge is 0.495 e. The fraction of sp³-hybridized carbons (Fsp3) is 0.304. The molecule has 32 heavy (non-hydrogen) atoms. The molecule has 0 fully saturated rings. The molecule has 2 N–H and O–H groups in total. The number of benzene rings is 2. The standard InChI is InChI=1S/C23H27N5O3S/c1-5-11-28-22(17-8-6-7-15(2)12-17)26-27-23(28)32-14-21(30)25-19-13-18(24-16(3)29)9-10-20(19)31-4/h6-10,12-13H,5,11,14H2,1-4H3,(H,24,29)(H,25,30). The van der Waals surface area contributed by atoms with Crippen LogP contribution in [0.4, 0.5) is 11.4 Å². The van der Waals surface area contributed by atoms with Gasteiger partial charge in [0.05, 0.1) is 18.6 Å². The molecule has 8 nitrogen and oxygen atoms in total. The Labute approximate surface area is 191 Å². The van der Waals surface area contributed by atoms with Gasteiger partial charge in [0.25, 0.3) is 0 Å². The molecule has 0 radical (unpaired) electrons. The highest BCUT2D eigenvalue weighted by molar-refractivity contribution is 7.99. The monoisotopic (exact) mass is 453 g/mol. The van der Waals surface area contributed by atoms with Gasteiger partial charge in [-0.1, -0.05) is 42.4 Å². The van der Waals surface area contributed by atoms with Crippen LogP contribution in [0.2, 0.25) is 0 Å². The van der Waals surface area contributed by atoms with Crippen molar-refractivity contribution in [3.8, 4) is 17.1 Å². The lowest BCUT2D eigenvalue weighted by molar-refractivity contribution is -0.114. The second-order valence-corrected chi connectivity index (χ2v) is 8.20. The van der Waals surface area contributed by atoms with E-state index in [4.69, 9.17) is 4.74 Å². The zero-order chi connectivity index (χ0) is 23.1. The molecule has 0 aliphatic carbocycles. The number of nitrogens with zero attached hydrogens (tertiary/aromatic N) is 3. The number of carbonyl (C=O) groups is 2. The lowest BCUT2D eigenvalue weighted by atomic mass is 10.1. The molecule has 0 aliphatic heterocycles. The molecule has 0 unspecified atom stereocenters. The fourth-order valence-electron chi connectivity index (χ4n) is 3.22. The Morgan fingerprint density at radius 2 is 1.94 bits per heavy atom.